The molecule has 0 fully saturated rings. The molecule has 0 spiro atoms. The van der Waals surface area contributed by atoms with E-state index in [9.17, 15) is 0 Å². The molecule has 0 bridgehead atoms. The molecule has 11 heavy (non-hydrogen) atoms. The molecule has 0 aliphatic carbocycles. The molecule has 0 N–H and O–H groups in total. The number of hydrogen-bond donors (Lipinski definition) is 0. The van der Waals surface area contributed by atoms with E-state index >= 15 is 0 Å². The number of hydrogen-bond acceptors (Lipinski definition) is 0. The summed E-state index contributed by atoms with van der Waals surface area (Å²) in [5.74, 6) is 7.18. The Kier molecular flexibility index (Phi) is 4.26. The van der Waals surface area contributed by atoms with Gasteiger partial charge < -0.3 is 0 Å². The van der Waals surface area contributed by atoms with Gasteiger partial charge in [-0.3, -0.25) is 0 Å². The van der Waals surface area contributed by atoms with Crippen LogP contribution in [0.2, 0.25) is 0 Å². The molecular weight excluding hydrogens is 132 g/mol. The Labute approximate surface area is 71.4 Å². The van der Waals surface area contributed by atoms with Gasteiger partial charge in [-0.1, -0.05) is 26.7 Å². The summed E-state index contributed by atoms with van der Waals surface area (Å²) >= 11 is 0. The summed E-state index contributed by atoms with van der Waals surface area (Å²) in [6.45, 7) is 11.0. The van der Waals surface area contributed by atoms with Crippen molar-refractivity contribution in [2.75, 3.05) is 0 Å². The molecule has 0 heteroatoms. The van der Waals surface area contributed by atoms with E-state index in [-0.39, 0.29) is 5.41 Å². The minimum Gasteiger partial charge on any atom is -0.103 e. The quantitative estimate of drug-likeness (QED) is 0.531. The molecule has 0 amide bonds. The van der Waals surface area contributed by atoms with Crippen molar-refractivity contribution in [3.05, 3.63) is 0 Å². The van der Waals surface area contributed by atoms with Gasteiger partial charge in [0.2, 0.25) is 0 Å². The fourth-order valence-electron chi connectivity index (χ4n) is 1.40. The second-order valence-corrected chi connectivity index (χ2v) is 4.14. The fraction of sp³-hybridized carbons (Fsp3) is 0.818. The first kappa shape index (κ1) is 10.6. The van der Waals surface area contributed by atoms with Gasteiger partial charge in [-0.25, -0.2) is 0 Å². The second kappa shape index (κ2) is 4.44. The maximum absolute atomic E-state index is 3.29. The predicted molar refractivity (Wildman–Crippen MR) is 51.3 cm³/mol. The van der Waals surface area contributed by atoms with Crippen molar-refractivity contribution < 1.29 is 0 Å². The van der Waals surface area contributed by atoms with Crippen LogP contribution >= 0.6 is 0 Å². The van der Waals surface area contributed by atoms with Crippen LogP contribution in [0.4, 0.5) is 0 Å². The largest absolute Gasteiger partial charge is 0.103 e. The SMILES string of the molecule is CCC#CC(C)(C)CC(C)C. The lowest BCUT2D eigenvalue weighted by molar-refractivity contribution is 0.381. The van der Waals surface area contributed by atoms with Crippen LogP contribution in [0.5, 0.6) is 0 Å². The van der Waals surface area contributed by atoms with Crippen molar-refractivity contribution in [1.82, 2.24) is 0 Å². The molecular formula is C11H20. The van der Waals surface area contributed by atoms with Crippen molar-refractivity contribution in [2.45, 2.75) is 47.5 Å². The van der Waals surface area contributed by atoms with Crippen LogP contribution in [0.15, 0.2) is 0 Å². The van der Waals surface area contributed by atoms with Crippen molar-refractivity contribution in [2.24, 2.45) is 11.3 Å². The Morgan fingerprint density at radius 3 is 2.18 bits per heavy atom. The van der Waals surface area contributed by atoms with Crippen LogP contribution in [-0.4, -0.2) is 0 Å². The highest BCUT2D eigenvalue weighted by Crippen LogP contribution is 2.23. The van der Waals surface area contributed by atoms with E-state index in [4.69, 9.17) is 0 Å². The molecule has 0 unspecified atom stereocenters. The molecule has 0 aromatic rings. The highest BCUT2D eigenvalue weighted by molar-refractivity contribution is 5.08. The van der Waals surface area contributed by atoms with E-state index < -0.39 is 0 Å². The minimum atomic E-state index is 0.212. The van der Waals surface area contributed by atoms with Gasteiger partial charge in [0.25, 0.3) is 0 Å². The Hall–Kier alpha value is -0.440. The third-order valence-corrected chi connectivity index (χ3v) is 1.52. The molecule has 0 aliphatic heterocycles. The topological polar surface area (TPSA) is 0 Å². The van der Waals surface area contributed by atoms with Gasteiger partial charge in [0.1, 0.15) is 0 Å². The van der Waals surface area contributed by atoms with E-state index in [0.29, 0.717) is 0 Å². The Bertz CT molecular complexity index is 153. The van der Waals surface area contributed by atoms with Crippen LogP contribution in [-0.2, 0) is 0 Å². The van der Waals surface area contributed by atoms with E-state index in [1.54, 1.807) is 0 Å². The highest BCUT2D eigenvalue weighted by atomic mass is 14.2. The zero-order valence-corrected chi connectivity index (χ0v) is 8.49. The van der Waals surface area contributed by atoms with Crippen LogP contribution in [0.3, 0.4) is 0 Å². The molecule has 0 aliphatic rings. The minimum absolute atomic E-state index is 0.212. The molecule has 0 atom stereocenters. The molecule has 0 radical (unpaired) electrons. The first-order valence-corrected chi connectivity index (χ1v) is 4.48. The average Bonchev–Trinajstić information content (AvgIpc) is 1.81. The third kappa shape index (κ3) is 5.98. The van der Waals surface area contributed by atoms with Crippen LogP contribution in [0, 0.1) is 23.2 Å². The maximum Gasteiger partial charge on any atom is 0.0260 e. The lowest BCUT2D eigenvalue weighted by atomic mass is 9.85. The Balaban J connectivity index is 3.99. The van der Waals surface area contributed by atoms with Crippen LogP contribution in [0.25, 0.3) is 0 Å². The fourth-order valence-corrected chi connectivity index (χ4v) is 1.40. The monoisotopic (exact) mass is 152 g/mol. The molecule has 64 valence electrons. The summed E-state index contributed by atoms with van der Waals surface area (Å²) in [6.07, 6.45) is 2.17. The van der Waals surface area contributed by atoms with E-state index in [2.05, 4.69) is 46.5 Å². The first-order valence-electron chi connectivity index (χ1n) is 4.48. The Morgan fingerprint density at radius 1 is 1.27 bits per heavy atom. The lowest BCUT2D eigenvalue weighted by Crippen LogP contribution is -2.11. The summed E-state index contributed by atoms with van der Waals surface area (Å²) in [5, 5.41) is 0. The normalized spacial score (nSPS) is 11.1. The van der Waals surface area contributed by atoms with Gasteiger partial charge >= 0.3 is 0 Å². The first-order chi connectivity index (χ1) is 4.98. The molecule has 0 saturated carbocycles. The second-order valence-electron chi connectivity index (χ2n) is 4.14. The molecule has 0 nitrogen and oxygen atoms in total. The summed E-state index contributed by atoms with van der Waals surface area (Å²) in [7, 11) is 0. The van der Waals surface area contributed by atoms with Gasteiger partial charge in [-0.15, -0.1) is 5.92 Å². The zero-order chi connectivity index (χ0) is 8.91. The van der Waals surface area contributed by atoms with Crippen LogP contribution < -0.4 is 0 Å². The van der Waals surface area contributed by atoms with Crippen molar-refractivity contribution in [3.63, 3.8) is 0 Å². The summed E-state index contributed by atoms with van der Waals surface area (Å²) in [5.41, 5.74) is 0.212. The Morgan fingerprint density at radius 2 is 1.82 bits per heavy atom. The molecule has 0 rings (SSSR count). The summed E-state index contributed by atoms with van der Waals surface area (Å²) in [4.78, 5) is 0. The average molecular weight is 152 g/mol. The van der Waals surface area contributed by atoms with Gasteiger partial charge in [0, 0.05) is 11.8 Å². The lowest BCUT2D eigenvalue weighted by Gasteiger charge is -2.19. The van der Waals surface area contributed by atoms with Crippen molar-refractivity contribution >= 4 is 0 Å². The molecule has 0 aromatic heterocycles. The maximum atomic E-state index is 3.29. The summed E-state index contributed by atoms with van der Waals surface area (Å²) in [6, 6.07) is 0. The van der Waals surface area contributed by atoms with E-state index in [1.807, 2.05) is 0 Å². The van der Waals surface area contributed by atoms with Crippen molar-refractivity contribution in [3.8, 4) is 11.8 Å². The predicted octanol–water partition coefficient (Wildman–Crippen LogP) is 3.47. The van der Waals surface area contributed by atoms with Gasteiger partial charge in [0.05, 0.1) is 0 Å². The van der Waals surface area contributed by atoms with Crippen molar-refractivity contribution in [1.29, 1.82) is 0 Å². The zero-order valence-electron chi connectivity index (χ0n) is 8.49. The van der Waals surface area contributed by atoms with Gasteiger partial charge in [0.15, 0.2) is 0 Å². The van der Waals surface area contributed by atoms with Crippen LogP contribution in [0.1, 0.15) is 47.5 Å². The smallest absolute Gasteiger partial charge is 0.0260 e. The van der Waals surface area contributed by atoms with E-state index in [0.717, 1.165) is 12.3 Å². The molecule has 0 aromatic carbocycles. The number of rotatable bonds is 2. The van der Waals surface area contributed by atoms with Gasteiger partial charge in [-0.05, 0) is 26.2 Å². The standard InChI is InChI=1S/C11H20/c1-6-7-8-11(4,5)9-10(2)3/h10H,6,9H2,1-5H3. The molecule has 0 heterocycles. The third-order valence-electron chi connectivity index (χ3n) is 1.52. The summed E-state index contributed by atoms with van der Waals surface area (Å²) < 4.78 is 0. The molecule has 0 saturated heterocycles. The van der Waals surface area contributed by atoms with E-state index in [1.165, 1.54) is 6.42 Å². The van der Waals surface area contributed by atoms with Gasteiger partial charge in [-0.2, -0.15) is 0 Å². The highest BCUT2D eigenvalue weighted by Gasteiger charge is 2.15.